The molecular weight excluding hydrogens is 400 g/mol. The van der Waals surface area contributed by atoms with Crippen LogP contribution in [0.4, 0.5) is 0 Å². The molecule has 33 heavy (non-hydrogen) atoms. The van der Waals surface area contributed by atoms with E-state index in [1.807, 2.05) is 0 Å². The van der Waals surface area contributed by atoms with Crippen molar-refractivity contribution >= 4 is 27.3 Å². The highest BCUT2D eigenvalue weighted by atomic mass is 15.0. The Morgan fingerprint density at radius 3 is 2.15 bits per heavy atom. The van der Waals surface area contributed by atoms with E-state index in [2.05, 4.69) is 91.0 Å². The van der Waals surface area contributed by atoms with E-state index in [0.29, 0.717) is 0 Å². The van der Waals surface area contributed by atoms with E-state index in [9.17, 15) is 0 Å². The molecule has 2 heterocycles. The number of nitrogens with zero attached hydrogens (tertiary/aromatic N) is 2. The van der Waals surface area contributed by atoms with Crippen LogP contribution in [0.2, 0.25) is 0 Å². The highest BCUT2D eigenvalue weighted by Crippen LogP contribution is 2.46. The van der Waals surface area contributed by atoms with Crippen molar-refractivity contribution in [1.29, 1.82) is 0 Å². The van der Waals surface area contributed by atoms with Gasteiger partial charge in [0.05, 0.1) is 11.2 Å². The van der Waals surface area contributed by atoms with E-state index < -0.39 is 0 Å². The van der Waals surface area contributed by atoms with Crippen LogP contribution >= 0.6 is 0 Å². The molecule has 2 aliphatic rings. The fraction of sp³-hybridized carbons (Fsp3) is 0.129. The fourth-order valence-corrected chi connectivity index (χ4v) is 6.27. The molecule has 0 atom stereocenters. The van der Waals surface area contributed by atoms with Crippen molar-refractivity contribution in [2.45, 2.75) is 26.7 Å². The second kappa shape index (κ2) is 5.90. The van der Waals surface area contributed by atoms with E-state index in [4.69, 9.17) is 4.98 Å². The van der Waals surface area contributed by atoms with Crippen molar-refractivity contribution < 1.29 is 0 Å². The fourth-order valence-electron chi connectivity index (χ4n) is 6.27. The minimum absolute atomic E-state index is 1.01. The predicted molar refractivity (Wildman–Crippen MR) is 136 cm³/mol. The number of rotatable bonds is 0. The lowest BCUT2D eigenvalue weighted by molar-refractivity contribution is 1.14. The van der Waals surface area contributed by atoms with Gasteiger partial charge in [-0.25, -0.2) is 4.98 Å². The summed E-state index contributed by atoms with van der Waals surface area (Å²) in [6.07, 6.45) is 2.06. The molecule has 4 aromatic carbocycles. The molecule has 0 aliphatic heterocycles. The average molecular weight is 423 g/mol. The van der Waals surface area contributed by atoms with Crippen LogP contribution in [0.25, 0.3) is 49.6 Å². The first kappa shape index (κ1) is 17.6. The van der Waals surface area contributed by atoms with Crippen molar-refractivity contribution in [2.24, 2.45) is 0 Å². The normalized spacial score (nSPS) is 13.5. The molecule has 0 bridgehead atoms. The quantitative estimate of drug-likeness (QED) is 0.233. The number of aromatic nitrogens is 2. The topological polar surface area (TPSA) is 17.3 Å². The van der Waals surface area contributed by atoms with Gasteiger partial charge in [-0.2, -0.15) is 0 Å². The largest absolute Gasteiger partial charge is 0.296 e. The molecule has 0 unspecified atom stereocenters. The molecule has 2 nitrogen and oxygen atoms in total. The third-order valence-corrected chi connectivity index (χ3v) is 7.95. The maximum atomic E-state index is 4.95. The second-order valence-electron chi connectivity index (χ2n) is 9.69. The molecule has 2 heteroatoms. The van der Waals surface area contributed by atoms with Gasteiger partial charge in [0.15, 0.2) is 0 Å². The van der Waals surface area contributed by atoms with Crippen LogP contribution < -0.4 is 0 Å². The van der Waals surface area contributed by atoms with E-state index in [0.717, 1.165) is 24.2 Å². The molecule has 2 aromatic heterocycles. The molecular formula is C31H22N2. The second-order valence-corrected chi connectivity index (χ2v) is 9.69. The Labute approximate surface area is 192 Å². The van der Waals surface area contributed by atoms with Gasteiger partial charge in [0, 0.05) is 16.5 Å². The Morgan fingerprint density at radius 1 is 0.606 bits per heavy atom. The van der Waals surface area contributed by atoms with Gasteiger partial charge >= 0.3 is 0 Å². The molecule has 156 valence electrons. The van der Waals surface area contributed by atoms with Gasteiger partial charge in [-0.1, -0.05) is 54.6 Å². The van der Waals surface area contributed by atoms with Crippen LogP contribution in [0.15, 0.2) is 72.8 Å². The maximum absolute atomic E-state index is 4.95. The highest BCUT2D eigenvalue weighted by molar-refractivity contribution is 6.13. The Morgan fingerprint density at radius 2 is 1.27 bits per heavy atom. The third kappa shape index (κ3) is 2.16. The van der Waals surface area contributed by atoms with Crippen molar-refractivity contribution in [2.75, 3.05) is 0 Å². The molecule has 0 saturated carbocycles. The summed E-state index contributed by atoms with van der Waals surface area (Å²) in [6, 6.07) is 27.4. The average Bonchev–Trinajstić information content (AvgIpc) is 3.47. The molecule has 0 saturated heterocycles. The van der Waals surface area contributed by atoms with Gasteiger partial charge < -0.3 is 0 Å². The van der Waals surface area contributed by atoms with Gasteiger partial charge in [-0.3, -0.25) is 4.40 Å². The number of fused-ring (bicyclic) bond motifs is 12. The molecule has 2 aliphatic carbocycles. The SMILES string of the molecule is Cc1nc2c3ccccc3c3cc4c(cc3n2c1C)Cc1cc2c(cc1-4)-c1ccccc1C2. The summed E-state index contributed by atoms with van der Waals surface area (Å²) < 4.78 is 2.37. The molecule has 0 fully saturated rings. The van der Waals surface area contributed by atoms with Crippen LogP contribution in [0, 0.1) is 13.8 Å². The smallest absolute Gasteiger partial charge is 0.145 e. The first-order valence-corrected chi connectivity index (χ1v) is 11.7. The third-order valence-electron chi connectivity index (χ3n) is 7.95. The van der Waals surface area contributed by atoms with Crippen LogP contribution in [0.1, 0.15) is 33.6 Å². The van der Waals surface area contributed by atoms with Crippen LogP contribution in [0.5, 0.6) is 0 Å². The number of hydrogen-bond donors (Lipinski definition) is 0. The van der Waals surface area contributed by atoms with Gasteiger partial charge in [-0.15, -0.1) is 0 Å². The number of aryl methyl sites for hydroxylation is 2. The number of pyridine rings is 1. The number of imidazole rings is 1. The first-order chi connectivity index (χ1) is 16.2. The standard InChI is InChI=1S/C31H22N2/c1-17-18(2)33-30-14-22-13-21-12-20-11-19-7-3-4-8-23(19)26(20)15-27(21)28(22)16-29(30)24-9-5-6-10-25(24)31(33)32-17/h3-10,12,14-16H,11,13H2,1-2H3. The monoisotopic (exact) mass is 422 g/mol. The Bertz CT molecular complexity index is 1830. The lowest BCUT2D eigenvalue weighted by Gasteiger charge is -2.12. The van der Waals surface area contributed by atoms with Crippen molar-refractivity contribution in [3.05, 3.63) is 106 Å². The van der Waals surface area contributed by atoms with Crippen molar-refractivity contribution in [3.8, 4) is 22.3 Å². The summed E-state index contributed by atoms with van der Waals surface area (Å²) in [7, 11) is 0. The molecule has 6 aromatic rings. The summed E-state index contributed by atoms with van der Waals surface area (Å²) >= 11 is 0. The zero-order valence-corrected chi connectivity index (χ0v) is 18.7. The zero-order chi connectivity index (χ0) is 21.8. The summed E-state index contributed by atoms with van der Waals surface area (Å²) in [6.45, 7) is 4.30. The Kier molecular flexibility index (Phi) is 3.15. The Balaban J connectivity index is 1.47. The van der Waals surface area contributed by atoms with E-state index >= 15 is 0 Å². The van der Waals surface area contributed by atoms with E-state index in [-0.39, 0.29) is 0 Å². The Hall–Kier alpha value is -3.91. The minimum atomic E-state index is 1.01. The minimum Gasteiger partial charge on any atom is -0.296 e. The van der Waals surface area contributed by atoms with Crippen LogP contribution in [-0.4, -0.2) is 9.38 Å². The number of benzene rings is 4. The van der Waals surface area contributed by atoms with E-state index in [1.54, 1.807) is 0 Å². The molecule has 0 amide bonds. The van der Waals surface area contributed by atoms with Crippen molar-refractivity contribution in [1.82, 2.24) is 9.38 Å². The van der Waals surface area contributed by atoms with Gasteiger partial charge in [-0.05, 0) is 94.8 Å². The summed E-state index contributed by atoms with van der Waals surface area (Å²) in [5, 5.41) is 3.82. The first-order valence-electron chi connectivity index (χ1n) is 11.7. The molecule has 0 radical (unpaired) electrons. The molecule has 8 rings (SSSR count). The van der Waals surface area contributed by atoms with Gasteiger partial charge in [0.25, 0.3) is 0 Å². The summed E-state index contributed by atoms with van der Waals surface area (Å²) in [4.78, 5) is 4.95. The number of hydrogen-bond acceptors (Lipinski definition) is 1. The highest BCUT2D eigenvalue weighted by Gasteiger charge is 2.26. The summed E-state index contributed by atoms with van der Waals surface area (Å²) in [5.74, 6) is 0. The lowest BCUT2D eigenvalue weighted by atomic mass is 9.96. The molecule has 0 N–H and O–H groups in total. The van der Waals surface area contributed by atoms with Gasteiger partial charge in [0.1, 0.15) is 5.65 Å². The van der Waals surface area contributed by atoms with Gasteiger partial charge in [0.2, 0.25) is 0 Å². The van der Waals surface area contributed by atoms with Crippen molar-refractivity contribution in [3.63, 3.8) is 0 Å². The lowest BCUT2D eigenvalue weighted by Crippen LogP contribution is -1.95. The van der Waals surface area contributed by atoms with Crippen LogP contribution in [-0.2, 0) is 12.8 Å². The zero-order valence-electron chi connectivity index (χ0n) is 18.7. The summed E-state index contributed by atoms with van der Waals surface area (Å²) in [5.41, 5.74) is 16.1. The molecule has 0 spiro atoms. The predicted octanol–water partition coefficient (Wildman–Crippen LogP) is 7.40. The van der Waals surface area contributed by atoms with E-state index in [1.165, 1.54) is 71.9 Å². The maximum Gasteiger partial charge on any atom is 0.145 e. The van der Waals surface area contributed by atoms with Crippen LogP contribution in [0.3, 0.4) is 0 Å².